The minimum atomic E-state index is 0.473. The van der Waals surface area contributed by atoms with E-state index in [2.05, 4.69) is 64.8 Å². The monoisotopic (exact) mass is 264 g/mol. The summed E-state index contributed by atoms with van der Waals surface area (Å²) in [5, 5.41) is 4.80. The summed E-state index contributed by atoms with van der Waals surface area (Å²) in [6.45, 7) is 19.3. The Morgan fingerprint density at radius 3 is 2.00 bits per heavy atom. The average Bonchev–Trinajstić information content (AvgIpc) is 2.44. The highest BCUT2D eigenvalue weighted by Gasteiger charge is 2.12. The Labute approximate surface area is 122 Å². The Bertz CT molecular complexity index is 750. The molecule has 0 amide bonds. The molecule has 0 fully saturated rings. The molecule has 0 aromatic heterocycles. The molecule has 0 aliphatic heterocycles. The summed E-state index contributed by atoms with van der Waals surface area (Å²) in [5.74, 6) is 0.473. The largest absolute Gasteiger partial charge is 0.0999 e. The number of allylic oxidation sites excluding steroid dienone is 1. The minimum absolute atomic E-state index is 0.473. The fourth-order valence-corrected chi connectivity index (χ4v) is 2.85. The number of hydrogen-bond donors (Lipinski definition) is 0. The van der Waals surface area contributed by atoms with Gasteiger partial charge in [0, 0.05) is 0 Å². The zero-order valence-electron chi connectivity index (χ0n) is 12.9. The van der Waals surface area contributed by atoms with Crippen molar-refractivity contribution >= 4 is 23.9 Å². The first-order chi connectivity index (χ1) is 9.47. The maximum Gasteiger partial charge on any atom is -0.0109 e. The van der Waals surface area contributed by atoms with Crippen LogP contribution in [0.5, 0.6) is 0 Å². The van der Waals surface area contributed by atoms with Crippen LogP contribution in [-0.2, 0) is 12.8 Å². The molecule has 0 spiro atoms. The Hall–Kier alpha value is -1.82. The molecule has 0 N–H and O–H groups in total. The number of fused-ring (bicyclic) bond motifs is 1. The van der Waals surface area contributed by atoms with Crippen molar-refractivity contribution in [3.63, 3.8) is 0 Å². The molecule has 0 aliphatic rings. The van der Waals surface area contributed by atoms with E-state index >= 15 is 0 Å². The maximum absolute atomic E-state index is 4.35. The number of hydrogen-bond acceptors (Lipinski definition) is 0. The van der Waals surface area contributed by atoms with Crippen LogP contribution in [0, 0.1) is 5.92 Å². The Morgan fingerprint density at radius 2 is 1.55 bits per heavy atom. The number of benzene rings is 2. The molecule has 0 saturated carbocycles. The molecule has 0 unspecified atom stereocenters. The van der Waals surface area contributed by atoms with E-state index in [0.29, 0.717) is 5.92 Å². The highest BCUT2D eigenvalue weighted by atomic mass is 14.2. The molecule has 2 aromatic carbocycles. The fraction of sp³-hybridized carbons (Fsp3) is 0.300. The standard InChI is InChI=1S/C20H24/c1-7-17-15(5)18-10-8-9-11-19(18)16(6)20(17)12-14(4)13(2)3/h8-11,14H,2,5-7,12H2,1,3-4H3/t14-/m0/s1. The lowest BCUT2D eigenvalue weighted by molar-refractivity contribution is 0.673. The lowest BCUT2D eigenvalue weighted by Crippen LogP contribution is -2.24. The van der Waals surface area contributed by atoms with Crippen LogP contribution in [0.25, 0.3) is 23.9 Å². The summed E-state index contributed by atoms with van der Waals surface area (Å²) in [7, 11) is 0. The molecule has 0 saturated heterocycles. The van der Waals surface area contributed by atoms with Gasteiger partial charge < -0.3 is 0 Å². The summed E-state index contributed by atoms with van der Waals surface area (Å²) in [4.78, 5) is 0. The lowest BCUT2D eigenvalue weighted by Gasteiger charge is -2.17. The molecule has 0 heteroatoms. The van der Waals surface area contributed by atoms with Crippen LogP contribution in [0.2, 0.25) is 0 Å². The van der Waals surface area contributed by atoms with E-state index in [4.69, 9.17) is 0 Å². The third-order valence-corrected chi connectivity index (χ3v) is 4.38. The number of rotatable bonds is 4. The first kappa shape index (κ1) is 14.6. The molecular formula is C20H24. The van der Waals surface area contributed by atoms with Crippen LogP contribution in [0.4, 0.5) is 0 Å². The highest BCUT2D eigenvalue weighted by molar-refractivity contribution is 5.85. The van der Waals surface area contributed by atoms with Gasteiger partial charge in [-0.05, 0) is 58.0 Å². The van der Waals surface area contributed by atoms with Gasteiger partial charge in [0.2, 0.25) is 0 Å². The SMILES string of the molecule is C=C(C)[C@@H](C)Cc1c(CC)c(=C)c2ccccc2c1=C. The van der Waals surface area contributed by atoms with Crippen molar-refractivity contribution in [3.05, 3.63) is 58.0 Å². The van der Waals surface area contributed by atoms with Crippen molar-refractivity contribution in [2.45, 2.75) is 33.6 Å². The predicted molar refractivity (Wildman–Crippen MR) is 91.3 cm³/mol. The molecule has 104 valence electrons. The van der Waals surface area contributed by atoms with Crippen molar-refractivity contribution in [1.29, 1.82) is 0 Å². The normalized spacial score (nSPS) is 12.6. The second kappa shape index (κ2) is 5.66. The Morgan fingerprint density at radius 1 is 1.05 bits per heavy atom. The van der Waals surface area contributed by atoms with E-state index in [1.807, 2.05) is 0 Å². The molecule has 2 aromatic rings. The van der Waals surface area contributed by atoms with Gasteiger partial charge in [-0.3, -0.25) is 0 Å². The Balaban J connectivity index is 2.76. The van der Waals surface area contributed by atoms with Crippen molar-refractivity contribution in [2.24, 2.45) is 5.92 Å². The van der Waals surface area contributed by atoms with Crippen LogP contribution >= 0.6 is 0 Å². The maximum atomic E-state index is 4.35. The molecule has 0 nitrogen and oxygen atoms in total. The van der Waals surface area contributed by atoms with E-state index in [0.717, 1.165) is 18.1 Å². The topological polar surface area (TPSA) is 0 Å². The lowest BCUT2D eigenvalue weighted by atomic mass is 9.87. The zero-order valence-corrected chi connectivity index (χ0v) is 12.9. The molecule has 2 rings (SSSR count). The molecule has 0 bridgehead atoms. The smallest absolute Gasteiger partial charge is 0.0109 e. The molecule has 20 heavy (non-hydrogen) atoms. The van der Waals surface area contributed by atoms with Crippen LogP contribution in [0.1, 0.15) is 31.9 Å². The molecule has 0 radical (unpaired) electrons. The molecule has 0 aliphatic carbocycles. The van der Waals surface area contributed by atoms with Gasteiger partial charge in [0.05, 0.1) is 0 Å². The second-order valence-electron chi connectivity index (χ2n) is 5.76. The van der Waals surface area contributed by atoms with E-state index in [1.165, 1.54) is 32.7 Å². The quantitative estimate of drug-likeness (QED) is 0.733. The fourth-order valence-electron chi connectivity index (χ4n) is 2.85. The zero-order chi connectivity index (χ0) is 14.9. The summed E-state index contributed by atoms with van der Waals surface area (Å²) < 4.78 is 0. The average molecular weight is 264 g/mol. The van der Waals surface area contributed by atoms with Crippen LogP contribution in [0.15, 0.2) is 36.4 Å². The minimum Gasteiger partial charge on any atom is -0.0999 e. The van der Waals surface area contributed by atoms with E-state index in [9.17, 15) is 0 Å². The predicted octanol–water partition coefficient (Wildman–Crippen LogP) is 3.98. The third-order valence-electron chi connectivity index (χ3n) is 4.38. The summed E-state index contributed by atoms with van der Waals surface area (Å²) in [5.41, 5.74) is 3.96. The van der Waals surface area contributed by atoms with Crippen LogP contribution < -0.4 is 10.4 Å². The van der Waals surface area contributed by atoms with Crippen molar-refractivity contribution < 1.29 is 0 Å². The van der Waals surface area contributed by atoms with E-state index in [-0.39, 0.29) is 0 Å². The Kier molecular flexibility index (Phi) is 4.13. The van der Waals surface area contributed by atoms with Gasteiger partial charge in [-0.1, -0.05) is 63.4 Å². The summed E-state index contributed by atoms with van der Waals surface area (Å²) in [6, 6.07) is 8.46. The molecular weight excluding hydrogens is 240 g/mol. The van der Waals surface area contributed by atoms with Crippen molar-refractivity contribution in [2.75, 3.05) is 0 Å². The van der Waals surface area contributed by atoms with Gasteiger partial charge in [0.25, 0.3) is 0 Å². The summed E-state index contributed by atoms with van der Waals surface area (Å²) in [6.07, 6.45) is 2.01. The molecule has 1 atom stereocenters. The van der Waals surface area contributed by atoms with Gasteiger partial charge in [-0.15, -0.1) is 0 Å². The van der Waals surface area contributed by atoms with Gasteiger partial charge >= 0.3 is 0 Å². The van der Waals surface area contributed by atoms with Gasteiger partial charge in [-0.25, -0.2) is 0 Å². The van der Waals surface area contributed by atoms with E-state index in [1.54, 1.807) is 0 Å². The van der Waals surface area contributed by atoms with Crippen molar-refractivity contribution in [1.82, 2.24) is 0 Å². The first-order valence-electron chi connectivity index (χ1n) is 7.33. The first-order valence-corrected chi connectivity index (χ1v) is 7.33. The summed E-state index contributed by atoms with van der Waals surface area (Å²) >= 11 is 0. The van der Waals surface area contributed by atoms with Crippen molar-refractivity contribution in [3.8, 4) is 0 Å². The van der Waals surface area contributed by atoms with Crippen LogP contribution in [0.3, 0.4) is 0 Å². The second-order valence-corrected chi connectivity index (χ2v) is 5.76. The van der Waals surface area contributed by atoms with E-state index < -0.39 is 0 Å². The van der Waals surface area contributed by atoms with Crippen LogP contribution in [-0.4, -0.2) is 0 Å². The van der Waals surface area contributed by atoms with Gasteiger partial charge in [-0.2, -0.15) is 0 Å². The van der Waals surface area contributed by atoms with Gasteiger partial charge in [0.1, 0.15) is 0 Å². The van der Waals surface area contributed by atoms with Gasteiger partial charge in [0.15, 0.2) is 0 Å². The highest BCUT2D eigenvalue weighted by Crippen LogP contribution is 2.17. The third kappa shape index (κ3) is 2.43. The molecule has 0 heterocycles.